The van der Waals surface area contributed by atoms with E-state index in [1.165, 1.54) is 19.0 Å². The molecule has 2 heterocycles. The number of nitrogens with one attached hydrogen (secondary N) is 1. The Kier molecular flexibility index (Phi) is 4.45. The monoisotopic (exact) mass is 318 g/mol. The number of amides is 2. The van der Waals surface area contributed by atoms with Crippen LogP contribution < -0.4 is 5.56 Å². The number of carbonyl (C=O) groups is 2. The number of H-pyrrole nitrogens is 1. The van der Waals surface area contributed by atoms with Crippen molar-refractivity contribution >= 4 is 11.8 Å². The first-order valence-corrected chi connectivity index (χ1v) is 8.14. The Labute approximate surface area is 134 Å². The SMILES string of the molecule is CN(C[C@H]1CC(=O)N(C2CCCC2)C1)C(=O)c1cncc(=O)[nH]1. The van der Waals surface area contributed by atoms with Crippen molar-refractivity contribution < 1.29 is 9.59 Å². The van der Waals surface area contributed by atoms with Crippen LogP contribution in [0.3, 0.4) is 0 Å². The van der Waals surface area contributed by atoms with Gasteiger partial charge in [-0.05, 0) is 12.8 Å². The van der Waals surface area contributed by atoms with Gasteiger partial charge in [0.2, 0.25) is 5.91 Å². The van der Waals surface area contributed by atoms with E-state index in [0.717, 1.165) is 25.6 Å². The fourth-order valence-electron chi connectivity index (χ4n) is 3.66. The summed E-state index contributed by atoms with van der Waals surface area (Å²) in [5.41, 5.74) is -0.218. The summed E-state index contributed by atoms with van der Waals surface area (Å²) in [6.07, 6.45) is 7.58. The van der Waals surface area contributed by atoms with Crippen molar-refractivity contribution in [2.45, 2.75) is 38.1 Å². The molecule has 1 atom stereocenters. The Hall–Kier alpha value is -2.18. The van der Waals surface area contributed by atoms with Gasteiger partial charge in [0.25, 0.3) is 11.5 Å². The molecule has 1 aliphatic heterocycles. The molecule has 1 aliphatic carbocycles. The summed E-state index contributed by atoms with van der Waals surface area (Å²) >= 11 is 0. The Balaban J connectivity index is 1.60. The van der Waals surface area contributed by atoms with Crippen LogP contribution in [0, 0.1) is 5.92 Å². The van der Waals surface area contributed by atoms with Gasteiger partial charge in [0.1, 0.15) is 5.69 Å². The number of carbonyl (C=O) groups excluding carboxylic acids is 2. The molecule has 124 valence electrons. The molecule has 7 nitrogen and oxygen atoms in total. The van der Waals surface area contributed by atoms with Crippen LogP contribution in [0.2, 0.25) is 0 Å². The minimum atomic E-state index is -0.396. The van der Waals surface area contributed by atoms with E-state index >= 15 is 0 Å². The quantitative estimate of drug-likeness (QED) is 0.882. The van der Waals surface area contributed by atoms with Gasteiger partial charge in [-0.3, -0.25) is 19.4 Å². The first-order chi connectivity index (χ1) is 11.0. The van der Waals surface area contributed by atoms with Crippen LogP contribution in [-0.4, -0.2) is 57.8 Å². The van der Waals surface area contributed by atoms with E-state index in [-0.39, 0.29) is 23.4 Å². The Morgan fingerprint density at radius 2 is 2.09 bits per heavy atom. The third kappa shape index (κ3) is 3.43. The lowest BCUT2D eigenvalue weighted by Crippen LogP contribution is -2.37. The van der Waals surface area contributed by atoms with Gasteiger partial charge in [-0.25, -0.2) is 0 Å². The molecule has 2 fully saturated rings. The van der Waals surface area contributed by atoms with E-state index < -0.39 is 5.56 Å². The van der Waals surface area contributed by atoms with E-state index in [1.54, 1.807) is 11.9 Å². The molecule has 0 bridgehead atoms. The molecule has 3 rings (SSSR count). The lowest BCUT2D eigenvalue weighted by Gasteiger charge is -2.25. The number of aromatic nitrogens is 2. The average molecular weight is 318 g/mol. The molecule has 1 N–H and O–H groups in total. The minimum Gasteiger partial charge on any atom is -0.340 e. The van der Waals surface area contributed by atoms with Crippen molar-refractivity contribution in [1.82, 2.24) is 19.8 Å². The summed E-state index contributed by atoms with van der Waals surface area (Å²) in [5.74, 6) is 0.0833. The molecule has 1 saturated heterocycles. The van der Waals surface area contributed by atoms with Gasteiger partial charge in [-0.1, -0.05) is 12.8 Å². The first-order valence-electron chi connectivity index (χ1n) is 8.14. The van der Waals surface area contributed by atoms with Crippen molar-refractivity contribution in [3.05, 3.63) is 28.4 Å². The zero-order valence-corrected chi connectivity index (χ0v) is 13.3. The molecule has 2 amide bonds. The highest BCUT2D eigenvalue weighted by atomic mass is 16.2. The maximum Gasteiger partial charge on any atom is 0.271 e. The molecule has 1 saturated carbocycles. The van der Waals surface area contributed by atoms with E-state index in [0.29, 0.717) is 19.0 Å². The van der Waals surface area contributed by atoms with Crippen LogP contribution in [0.25, 0.3) is 0 Å². The number of hydrogen-bond donors (Lipinski definition) is 1. The standard InChI is InChI=1S/C16H22N4O3/c1-19(16(23)13-7-17-8-14(21)18-13)9-11-6-15(22)20(10-11)12-4-2-3-5-12/h7-8,11-12H,2-6,9-10H2,1H3,(H,18,21)/t11-/m1/s1. The molecule has 1 aromatic rings. The topological polar surface area (TPSA) is 86.4 Å². The summed E-state index contributed by atoms with van der Waals surface area (Å²) in [6, 6.07) is 0.392. The van der Waals surface area contributed by atoms with Crippen LogP contribution in [0.1, 0.15) is 42.6 Å². The molecule has 0 spiro atoms. The largest absolute Gasteiger partial charge is 0.340 e. The number of rotatable bonds is 4. The summed E-state index contributed by atoms with van der Waals surface area (Å²) in [7, 11) is 1.69. The first kappa shape index (κ1) is 15.7. The summed E-state index contributed by atoms with van der Waals surface area (Å²) < 4.78 is 0. The Morgan fingerprint density at radius 1 is 1.35 bits per heavy atom. The summed E-state index contributed by atoms with van der Waals surface area (Å²) in [6.45, 7) is 1.23. The number of likely N-dealkylation sites (tertiary alicyclic amines) is 1. The van der Waals surface area contributed by atoms with Crippen LogP contribution in [-0.2, 0) is 4.79 Å². The summed E-state index contributed by atoms with van der Waals surface area (Å²) in [5, 5.41) is 0. The third-order valence-electron chi connectivity index (χ3n) is 4.77. The molecule has 7 heteroatoms. The molecule has 2 aliphatic rings. The van der Waals surface area contributed by atoms with E-state index in [1.807, 2.05) is 4.90 Å². The van der Waals surface area contributed by atoms with E-state index in [2.05, 4.69) is 9.97 Å². The Morgan fingerprint density at radius 3 is 2.78 bits per heavy atom. The highest BCUT2D eigenvalue weighted by Gasteiger charge is 2.36. The Bertz CT molecular complexity index is 651. The van der Waals surface area contributed by atoms with Gasteiger partial charge in [0.15, 0.2) is 0 Å². The van der Waals surface area contributed by atoms with Crippen LogP contribution in [0.5, 0.6) is 0 Å². The van der Waals surface area contributed by atoms with Crippen molar-refractivity contribution in [2.24, 2.45) is 5.92 Å². The third-order valence-corrected chi connectivity index (χ3v) is 4.77. The lowest BCUT2D eigenvalue weighted by molar-refractivity contribution is -0.129. The number of aromatic amines is 1. The van der Waals surface area contributed by atoms with Crippen LogP contribution in [0.15, 0.2) is 17.2 Å². The second kappa shape index (κ2) is 6.52. The van der Waals surface area contributed by atoms with Crippen molar-refractivity contribution in [1.29, 1.82) is 0 Å². The van der Waals surface area contributed by atoms with E-state index in [4.69, 9.17) is 0 Å². The van der Waals surface area contributed by atoms with Gasteiger partial charge >= 0.3 is 0 Å². The van der Waals surface area contributed by atoms with Crippen molar-refractivity contribution in [3.63, 3.8) is 0 Å². The normalized spacial score (nSPS) is 21.9. The van der Waals surface area contributed by atoms with Gasteiger partial charge < -0.3 is 14.8 Å². The molecular weight excluding hydrogens is 296 g/mol. The molecular formula is C16H22N4O3. The van der Waals surface area contributed by atoms with Gasteiger partial charge in [0, 0.05) is 38.5 Å². The average Bonchev–Trinajstić information content (AvgIpc) is 3.16. The minimum absolute atomic E-state index is 0.153. The van der Waals surface area contributed by atoms with Crippen molar-refractivity contribution in [3.8, 4) is 0 Å². The summed E-state index contributed by atoms with van der Waals surface area (Å²) in [4.78, 5) is 45.6. The van der Waals surface area contributed by atoms with Crippen molar-refractivity contribution in [2.75, 3.05) is 20.1 Å². The lowest BCUT2D eigenvalue weighted by atomic mass is 10.1. The molecule has 0 radical (unpaired) electrons. The molecule has 23 heavy (non-hydrogen) atoms. The van der Waals surface area contributed by atoms with Crippen LogP contribution >= 0.6 is 0 Å². The fraction of sp³-hybridized carbons (Fsp3) is 0.625. The second-order valence-electron chi connectivity index (χ2n) is 6.55. The van der Waals surface area contributed by atoms with Crippen LogP contribution in [0.4, 0.5) is 0 Å². The predicted octanol–water partition coefficient (Wildman–Crippen LogP) is 0.633. The molecule has 0 unspecified atom stereocenters. The number of nitrogens with zero attached hydrogens (tertiary/aromatic N) is 3. The highest BCUT2D eigenvalue weighted by Crippen LogP contribution is 2.29. The maximum atomic E-state index is 12.3. The fourth-order valence-corrected chi connectivity index (χ4v) is 3.66. The zero-order chi connectivity index (χ0) is 16.4. The second-order valence-corrected chi connectivity index (χ2v) is 6.55. The highest BCUT2D eigenvalue weighted by molar-refractivity contribution is 5.91. The predicted molar refractivity (Wildman–Crippen MR) is 83.9 cm³/mol. The maximum absolute atomic E-state index is 12.3. The molecule has 1 aromatic heterocycles. The zero-order valence-electron chi connectivity index (χ0n) is 13.3. The smallest absolute Gasteiger partial charge is 0.271 e. The van der Waals surface area contributed by atoms with Gasteiger partial charge in [-0.15, -0.1) is 0 Å². The van der Waals surface area contributed by atoms with E-state index in [9.17, 15) is 14.4 Å². The van der Waals surface area contributed by atoms with Gasteiger partial charge in [-0.2, -0.15) is 0 Å². The number of hydrogen-bond acceptors (Lipinski definition) is 4. The van der Waals surface area contributed by atoms with Gasteiger partial charge in [0.05, 0.1) is 12.4 Å². The molecule has 0 aromatic carbocycles.